The Morgan fingerprint density at radius 3 is 3.07 bits per heavy atom. The zero-order chi connectivity index (χ0) is 18.7. The van der Waals surface area contributed by atoms with Crippen LogP contribution in [0.15, 0.2) is 46.5 Å². The van der Waals surface area contributed by atoms with Crippen LogP contribution in [-0.2, 0) is 20.8 Å². The van der Waals surface area contributed by atoms with Gasteiger partial charge in [0.15, 0.2) is 5.60 Å². The summed E-state index contributed by atoms with van der Waals surface area (Å²) in [5, 5.41) is 10.8. The molecule has 2 aromatic heterocycles. The van der Waals surface area contributed by atoms with Crippen molar-refractivity contribution in [3.05, 3.63) is 46.9 Å². The fraction of sp³-hybridized carbons (Fsp3) is 0.368. The van der Waals surface area contributed by atoms with Crippen LogP contribution in [0, 0.1) is 0 Å². The Morgan fingerprint density at radius 2 is 2.30 bits per heavy atom. The number of pyridine rings is 1. The SMILES string of the molecule is O=C(Nc1cccnc1)C1=NOC2(CCCN(C(=O)Cc3ccsc3)C2)C1. The van der Waals surface area contributed by atoms with Gasteiger partial charge in [-0.25, -0.2) is 0 Å². The molecule has 7 nitrogen and oxygen atoms in total. The summed E-state index contributed by atoms with van der Waals surface area (Å²) >= 11 is 1.59. The van der Waals surface area contributed by atoms with Crippen LogP contribution in [0.2, 0.25) is 0 Å². The van der Waals surface area contributed by atoms with Crippen LogP contribution in [0.3, 0.4) is 0 Å². The first-order valence-electron chi connectivity index (χ1n) is 8.89. The minimum absolute atomic E-state index is 0.0873. The molecule has 0 aromatic carbocycles. The third-order valence-electron chi connectivity index (χ3n) is 4.85. The molecule has 2 amide bonds. The van der Waals surface area contributed by atoms with Crippen LogP contribution in [0.1, 0.15) is 24.8 Å². The molecule has 0 saturated carbocycles. The van der Waals surface area contributed by atoms with Crippen molar-refractivity contribution in [3.8, 4) is 0 Å². The number of carbonyl (C=O) groups is 2. The summed E-state index contributed by atoms with van der Waals surface area (Å²) in [6, 6.07) is 5.49. The molecule has 0 aliphatic carbocycles. The van der Waals surface area contributed by atoms with Crippen molar-refractivity contribution in [2.75, 3.05) is 18.4 Å². The molecule has 1 unspecified atom stereocenters. The van der Waals surface area contributed by atoms with E-state index in [9.17, 15) is 9.59 Å². The summed E-state index contributed by atoms with van der Waals surface area (Å²) in [6.07, 6.45) is 5.64. The second-order valence-corrected chi connectivity index (χ2v) is 7.69. The number of carbonyl (C=O) groups excluding carboxylic acids is 2. The topological polar surface area (TPSA) is 83.9 Å². The maximum absolute atomic E-state index is 12.6. The van der Waals surface area contributed by atoms with Crippen LogP contribution in [0.25, 0.3) is 0 Å². The lowest BCUT2D eigenvalue weighted by atomic mass is 9.87. The number of aromatic nitrogens is 1. The molecular weight excluding hydrogens is 364 g/mol. The zero-order valence-electron chi connectivity index (χ0n) is 14.8. The molecule has 0 radical (unpaired) electrons. The van der Waals surface area contributed by atoms with Crippen molar-refractivity contribution in [3.63, 3.8) is 0 Å². The normalized spacial score (nSPS) is 21.6. The number of piperidine rings is 1. The van der Waals surface area contributed by atoms with Gasteiger partial charge in [-0.3, -0.25) is 14.6 Å². The van der Waals surface area contributed by atoms with Gasteiger partial charge in [0.25, 0.3) is 5.91 Å². The van der Waals surface area contributed by atoms with E-state index in [0.29, 0.717) is 37.3 Å². The minimum atomic E-state index is -0.593. The molecule has 4 heterocycles. The molecule has 0 bridgehead atoms. The second kappa shape index (κ2) is 7.48. The van der Waals surface area contributed by atoms with Crippen molar-refractivity contribution in [1.82, 2.24) is 9.88 Å². The zero-order valence-corrected chi connectivity index (χ0v) is 15.6. The summed E-state index contributed by atoms with van der Waals surface area (Å²) in [6.45, 7) is 1.18. The number of hydrogen-bond donors (Lipinski definition) is 1. The van der Waals surface area contributed by atoms with E-state index < -0.39 is 5.60 Å². The maximum atomic E-state index is 12.6. The summed E-state index contributed by atoms with van der Waals surface area (Å²) in [5.74, 6) is -0.203. The number of hydrogen-bond acceptors (Lipinski definition) is 6. The number of oxime groups is 1. The average Bonchev–Trinajstić information content (AvgIpc) is 3.33. The van der Waals surface area contributed by atoms with Crippen molar-refractivity contribution in [2.45, 2.75) is 31.3 Å². The first-order valence-corrected chi connectivity index (χ1v) is 9.83. The van der Waals surface area contributed by atoms with Crippen LogP contribution in [0.4, 0.5) is 5.69 Å². The predicted molar refractivity (Wildman–Crippen MR) is 103 cm³/mol. The van der Waals surface area contributed by atoms with Gasteiger partial charge in [0, 0.05) is 19.2 Å². The number of rotatable bonds is 4. The molecule has 2 aliphatic heterocycles. The number of amides is 2. The van der Waals surface area contributed by atoms with E-state index in [2.05, 4.69) is 15.5 Å². The van der Waals surface area contributed by atoms with Crippen molar-refractivity contribution in [1.29, 1.82) is 0 Å². The van der Waals surface area contributed by atoms with Crippen molar-refractivity contribution < 1.29 is 14.4 Å². The summed E-state index contributed by atoms with van der Waals surface area (Å²) in [5.41, 5.74) is 1.41. The monoisotopic (exact) mass is 384 g/mol. The predicted octanol–water partition coefficient (Wildman–Crippen LogP) is 2.46. The van der Waals surface area contributed by atoms with Gasteiger partial charge in [0.05, 0.1) is 24.8 Å². The molecule has 140 valence electrons. The second-order valence-electron chi connectivity index (χ2n) is 6.91. The molecule has 8 heteroatoms. The van der Waals surface area contributed by atoms with Gasteiger partial charge in [-0.15, -0.1) is 0 Å². The summed E-state index contributed by atoms with van der Waals surface area (Å²) < 4.78 is 0. The van der Waals surface area contributed by atoms with Crippen LogP contribution in [0.5, 0.6) is 0 Å². The van der Waals surface area contributed by atoms with Gasteiger partial charge in [-0.05, 0) is 47.4 Å². The highest BCUT2D eigenvalue weighted by atomic mass is 32.1. The molecule has 27 heavy (non-hydrogen) atoms. The minimum Gasteiger partial charge on any atom is -0.386 e. The first-order chi connectivity index (χ1) is 13.1. The fourth-order valence-corrected chi connectivity index (χ4v) is 4.16. The van der Waals surface area contributed by atoms with E-state index in [0.717, 1.165) is 18.4 Å². The van der Waals surface area contributed by atoms with Gasteiger partial charge >= 0.3 is 0 Å². The number of anilines is 1. The highest BCUT2D eigenvalue weighted by Gasteiger charge is 2.45. The molecule has 1 spiro atoms. The van der Waals surface area contributed by atoms with Gasteiger partial charge < -0.3 is 15.1 Å². The van der Waals surface area contributed by atoms with Gasteiger partial charge in [-0.2, -0.15) is 11.3 Å². The highest BCUT2D eigenvalue weighted by Crippen LogP contribution is 2.34. The maximum Gasteiger partial charge on any atom is 0.273 e. The fourth-order valence-electron chi connectivity index (χ4n) is 3.49. The first kappa shape index (κ1) is 17.7. The lowest BCUT2D eigenvalue weighted by Crippen LogP contribution is -2.51. The van der Waals surface area contributed by atoms with Gasteiger partial charge in [0.1, 0.15) is 5.71 Å². The summed E-state index contributed by atoms with van der Waals surface area (Å²) in [7, 11) is 0. The van der Waals surface area contributed by atoms with Gasteiger partial charge in [-0.1, -0.05) is 5.16 Å². The van der Waals surface area contributed by atoms with E-state index in [-0.39, 0.29) is 11.8 Å². The van der Waals surface area contributed by atoms with E-state index in [4.69, 9.17) is 4.84 Å². The molecule has 4 rings (SSSR count). The molecular formula is C19H20N4O3S. The van der Waals surface area contributed by atoms with Gasteiger partial charge in [0.2, 0.25) is 5.91 Å². The average molecular weight is 384 g/mol. The standard InChI is InChI=1S/C19H20N4O3S/c24-17(9-14-4-8-27-12-14)23-7-2-5-19(13-23)10-16(22-26-19)18(25)21-15-3-1-6-20-11-15/h1,3-4,6,8,11-12H,2,5,7,9-10,13H2,(H,21,25). The quantitative estimate of drug-likeness (QED) is 0.878. The van der Waals surface area contributed by atoms with Crippen LogP contribution in [-0.4, -0.2) is 46.1 Å². The number of nitrogens with one attached hydrogen (secondary N) is 1. The number of likely N-dealkylation sites (tertiary alicyclic amines) is 1. The van der Waals surface area contributed by atoms with E-state index in [1.807, 2.05) is 21.7 Å². The third-order valence-corrected chi connectivity index (χ3v) is 5.58. The molecule has 1 atom stereocenters. The van der Waals surface area contributed by atoms with Crippen molar-refractivity contribution >= 4 is 34.6 Å². The largest absolute Gasteiger partial charge is 0.386 e. The van der Waals surface area contributed by atoms with E-state index in [1.54, 1.807) is 35.9 Å². The molecule has 2 aliphatic rings. The third kappa shape index (κ3) is 4.00. The Hall–Kier alpha value is -2.74. The molecule has 1 saturated heterocycles. The lowest BCUT2D eigenvalue weighted by Gasteiger charge is -2.38. The number of thiophene rings is 1. The molecule has 1 N–H and O–H groups in total. The summed E-state index contributed by atoms with van der Waals surface area (Å²) in [4.78, 5) is 36.6. The highest BCUT2D eigenvalue weighted by molar-refractivity contribution is 7.08. The van der Waals surface area contributed by atoms with Crippen molar-refractivity contribution in [2.24, 2.45) is 5.16 Å². The lowest BCUT2D eigenvalue weighted by molar-refractivity contribution is -0.139. The van der Waals surface area contributed by atoms with E-state index >= 15 is 0 Å². The Bertz CT molecular complexity index is 853. The molecule has 2 aromatic rings. The Kier molecular flexibility index (Phi) is 4.89. The Morgan fingerprint density at radius 1 is 1.37 bits per heavy atom. The molecule has 1 fully saturated rings. The Balaban J connectivity index is 1.37. The van der Waals surface area contributed by atoms with Crippen LogP contribution < -0.4 is 5.32 Å². The van der Waals surface area contributed by atoms with Crippen LogP contribution >= 0.6 is 11.3 Å². The number of nitrogens with zero attached hydrogens (tertiary/aromatic N) is 3. The smallest absolute Gasteiger partial charge is 0.273 e. The Labute approximate surface area is 161 Å². The van der Waals surface area contributed by atoms with E-state index in [1.165, 1.54) is 0 Å².